The molecule has 2 aromatic carbocycles. The lowest BCUT2D eigenvalue weighted by Gasteiger charge is -2.06. The largest absolute Gasteiger partial charge is 0.437 e. The monoisotopic (exact) mass is 353 g/mol. The summed E-state index contributed by atoms with van der Waals surface area (Å²) in [5.41, 5.74) is 6.18. The first-order valence-electron chi connectivity index (χ1n) is 10.3. The number of fused-ring (bicyclic) bond motifs is 3. The Morgan fingerprint density at radius 2 is 1.78 bits per heavy atom. The summed E-state index contributed by atoms with van der Waals surface area (Å²) in [6.45, 7) is -0.165. The fourth-order valence-corrected chi connectivity index (χ4v) is 3.39. The van der Waals surface area contributed by atoms with E-state index in [2.05, 4.69) is 9.97 Å². The van der Waals surface area contributed by atoms with Crippen molar-refractivity contribution in [1.82, 2.24) is 9.97 Å². The van der Waals surface area contributed by atoms with Crippen molar-refractivity contribution >= 4 is 22.1 Å². The average molecular weight is 353 g/mol. The van der Waals surface area contributed by atoms with Gasteiger partial charge in [0.05, 0.1) is 5.69 Å². The first-order chi connectivity index (χ1) is 14.4. The highest BCUT2D eigenvalue weighted by Gasteiger charge is 2.14. The lowest BCUT2D eigenvalue weighted by molar-refractivity contribution is 0.653. The molecule has 3 heteroatoms. The average Bonchev–Trinajstić information content (AvgIpc) is 3.11. The van der Waals surface area contributed by atoms with Crippen LogP contribution in [0.25, 0.3) is 44.5 Å². The molecule has 0 atom stereocenters. The second-order valence-corrected chi connectivity index (χ2v) is 6.60. The summed E-state index contributed by atoms with van der Waals surface area (Å²) in [6.07, 6.45) is 1.76. The molecule has 5 rings (SSSR count). The van der Waals surface area contributed by atoms with E-state index in [4.69, 9.17) is 8.53 Å². The number of hydrogen-bond acceptors (Lipinski definition) is 3. The van der Waals surface area contributed by atoms with Crippen molar-refractivity contribution in [3.63, 3.8) is 0 Å². The van der Waals surface area contributed by atoms with Crippen molar-refractivity contribution in [2.24, 2.45) is 0 Å². The van der Waals surface area contributed by atoms with E-state index in [0.29, 0.717) is 11.3 Å². The van der Waals surface area contributed by atoms with Crippen LogP contribution in [0.5, 0.6) is 0 Å². The van der Waals surface area contributed by atoms with E-state index < -0.39 is 6.85 Å². The molecule has 0 bridgehead atoms. The van der Waals surface area contributed by atoms with Crippen molar-refractivity contribution < 1.29 is 8.53 Å². The number of furan rings is 1. The van der Waals surface area contributed by atoms with Crippen LogP contribution < -0.4 is 0 Å². The van der Waals surface area contributed by atoms with Crippen molar-refractivity contribution in [3.05, 3.63) is 84.2 Å². The first-order valence-corrected chi connectivity index (χ1v) is 8.76. The molecule has 0 aliphatic rings. The molecular weight excluding hydrogens is 332 g/mol. The van der Waals surface area contributed by atoms with Crippen LogP contribution in [-0.4, -0.2) is 9.97 Å². The summed E-state index contributed by atoms with van der Waals surface area (Å²) >= 11 is 0. The van der Waals surface area contributed by atoms with E-state index in [1.54, 1.807) is 18.3 Å². The normalized spacial score (nSPS) is 13.4. The van der Waals surface area contributed by atoms with Crippen LogP contribution in [0.4, 0.5) is 0 Å². The maximum absolute atomic E-state index is 7.54. The Labute approximate surface area is 161 Å². The molecule has 0 amide bonds. The quantitative estimate of drug-likeness (QED) is 0.372. The van der Waals surface area contributed by atoms with Gasteiger partial charge in [-0.05, 0) is 55.2 Å². The molecule has 0 saturated carbocycles. The Balaban J connectivity index is 1.62. The lowest BCUT2D eigenvalue weighted by atomic mass is 10.0. The van der Waals surface area contributed by atoms with Crippen LogP contribution in [0.1, 0.15) is 15.4 Å². The second kappa shape index (κ2) is 6.06. The third kappa shape index (κ3) is 2.68. The third-order valence-corrected chi connectivity index (χ3v) is 4.76. The standard InChI is InChI=1S/C24H18N2O/c1-15-6-9-17(10-7-15)18-12-13-25-22(14-18)21-5-3-4-19-20-11-8-16(2)26-24(20)27-23(19)21/h3-14H,1-2H3/i1D3. The molecular formula is C24H18N2O. The minimum atomic E-state index is -2.11. The van der Waals surface area contributed by atoms with Gasteiger partial charge in [-0.1, -0.05) is 42.0 Å². The Morgan fingerprint density at radius 1 is 0.889 bits per heavy atom. The van der Waals surface area contributed by atoms with Gasteiger partial charge in [-0.25, -0.2) is 4.98 Å². The van der Waals surface area contributed by atoms with E-state index in [1.807, 2.05) is 61.5 Å². The minimum absolute atomic E-state index is 0.329. The number of aromatic nitrogens is 2. The maximum Gasteiger partial charge on any atom is 0.227 e. The van der Waals surface area contributed by atoms with Crippen LogP contribution in [0.3, 0.4) is 0 Å². The van der Waals surface area contributed by atoms with Gasteiger partial charge in [-0.2, -0.15) is 0 Å². The van der Waals surface area contributed by atoms with Crippen molar-refractivity contribution in [1.29, 1.82) is 0 Å². The third-order valence-electron chi connectivity index (χ3n) is 4.76. The van der Waals surface area contributed by atoms with Gasteiger partial charge in [0.25, 0.3) is 0 Å². The number of para-hydroxylation sites is 1. The van der Waals surface area contributed by atoms with Gasteiger partial charge in [0.1, 0.15) is 5.58 Å². The number of nitrogens with zero attached hydrogens (tertiary/aromatic N) is 2. The summed E-state index contributed by atoms with van der Waals surface area (Å²) in [7, 11) is 0. The predicted molar refractivity (Wildman–Crippen MR) is 110 cm³/mol. The molecule has 0 spiro atoms. The molecule has 0 saturated heterocycles. The van der Waals surface area contributed by atoms with Crippen molar-refractivity contribution in [2.45, 2.75) is 13.8 Å². The Kier molecular flexibility index (Phi) is 2.88. The smallest absolute Gasteiger partial charge is 0.227 e. The number of aryl methyl sites for hydroxylation is 2. The maximum atomic E-state index is 7.54. The Bertz CT molecular complexity index is 1390. The van der Waals surface area contributed by atoms with Crippen LogP contribution in [-0.2, 0) is 0 Å². The highest BCUT2D eigenvalue weighted by atomic mass is 16.3. The number of rotatable bonds is 2. The highest BCUT2D eigenvalue weighted by Crippen LogP contribution is 2.35. The first kappa shape index (κ1) is 12.8. The van der Waals surface area contributed by atoms with E-state index in [0.717, 1.165) is 44.4 Å². The van der Waals surface area contributed by atoms with Gasteiger partial charge in [0.15, 0.2) is 0 Å². The molecule has 27 heavy (non-hydrogen) atoms. The van der Waals surface area contributed by atoms with Gasteiger partial charge in [0.2, 0.25) is 5.71 Å². The van der Waals surface area contributed by atoms with Gasteiger partial charge < -0.3 is 4.42 Å². The molecule has 0 radical (unpaired) electrons. The van der Waals surface area contributed by atoms with Crippen molar-refractivity contribution in [3.8, 4) is 22.4 Å². The van der Waals surface area contributed by atoms with Crippen molar-refractivity contribution in [2.75, 3.05) is 0 Å². The van der Waals surface area contributed by atoms with Gasteiger partial charge in [0, 0.05) is 32.3 Å². The summed E-state index contributed by atoms with van der Waals surface area (Å²) in [5.74, 6) is 0. The SMILES string of the molecule is [2H]C([2H])([2H])c1ccc(-c2ccnc(-c3cccc4c3oc3nc(C)ccc34)c2)cc1. The summed E-state index contributed by atoms with van der Waals surface area (Å²) in [4.78, 5) is 9.07. The predicted octanol–water partition coefficient (Wildman–Crippen LogP) is 6.33. The Morgan fingerprint density at radius 3 is 2.63 bits per heavy atom. The molecule has 130 valence electrons. The van der Waals surface area contributed by atoms with E-state index in [9.17, 15) is 0 Å². The summed E-state index contributed by atoms with van der Waals surface area (Å²) < 4.78 is 28.7. The zero-order chi connectivity index (χ0) is 20.9. The van der Waals surface area contributed by atoms with Crippen LogP contribution in [0.15, 0.2) is 77.3 Å². The van der Waals surface area contributed by atoms with Crippen LogP contribution in [0, 0.1) is 13.8 Å². The number of pyridine rings is 2. The van der Waals surface area contributed by atoms with Gasteiger partial charge >= 0.3 is 0 Å². The minimum Gasteiger partial charge on any atom is -0.437 e. The van der Waals surface area contributed by atoms with Gasteiger partial charge in [-0.15, -0.1) is 0 Å². The van der Waals surface area contributed by atoms with E-state index in [-0.39, 0.29) is 0 Å². The molecule has 3 aromatic heterocycles. The molecule has 0 N–H and O–H groups in total. The Hall–Kier alpha value is -3.46. The van der Waals surface area contributed by atoms with Crippen LogP contribution in [0.2, 0.25) is 0 Å². The molecule has 5 aromatic rings. The lowest BCUT2D eigenvalue weighted by Crippen LogP contribution is -1.86. The molecule has 0 unspecified atom stereocenters. The summed E-state index contributed by atoms with van der Waals surface area (Å²) in [6, 6.07) is 20.9. The molecule has 0 aliphatic heterocycles. The molecule has 0 fully saturated rings. The highest BCUT2D eigenvalue weighted by molar-refractivity contribution is 6.08. The summed E-state index contributed by atoms with van der Waals surface area (Å²) in [5, 5.41) is 1.98. The van der Waals surface area contributed by atoms with Gasteiger partial charge in [-0.3, -0.25) is 4.98 Å². The zero-order valence-corrected chi connectivity index (χ0v) is 14.7. The zero-order valence-electron chi connectivity index (χ0n) is 17.7. The topological polar surface area (TPSA) is 38.9 Å². The fourth-order valence-electron chi connectivity index (χ4n) is 3.39. The fraction of sp³-hybridized carbons (Fsp3) is 0.0833. The number of benzene rings is 2. The molecule has 3 heterocycles. The number of hydrogen-bond donors (Lipinski definition) is 0. The van der Waals surface area contributed by atoms with E-state index in [1.165, 1.54) is 0 Å². The van der Waals surface area contributed by atoms with Crippen LogP contribution >= 0.6 is 0 Å². The second-order valence-electron chi connectivity index (χ2n) is 6.60. The molecule has 3 nitrogen and oxygen atoms in total. The van der Waals surface area contributed by atoms with E-state index >= 15 is 0 Å². The molecule has 0 aliphatic carbocycles.